The molecule has 2 aliphatic rings. The summed E-state index contributed by atoms with van der Waals surface area (Å²) >= 11 is 0. The molecule has 2 N–H and O–H groups in total. The number of phenolic OH excluding ortho intramolecular Hbond substituents is 1. The van der Waals surface area contributed by atoms with E-state index in [0.29, 0.717) is 36.2 Å². The second-order valence-electron chi connectivity index (χ2n) is 6.82. The lowest BCUT2D eigenvalue weighted by Gasteiger charge is -2.29. The fourth-order valence-corrected chi connectivity index (χ4v) is 3.65. The highest BCUT2D eigenvalue weighted by Crippen LogP contribution is 2.28. The number of amides is 2. The molecular weight excluding hydrogens is 335 g/mol. The molecule has 2 aromatic rings. The van der Waals surface area contributed by atoms with Gasteiger partial charge in [-0.25, -0.2) is 4.39 Å². The molecule has 0 saturated heterocycles. The average Bonchev–Trinajstić information content (AvgIpc) is 2.80. The van der Waals surface area contributed by atoms with Crippen LogP contribution in [0.25, 0.3) is 0 Å². The number of anilines is 1. The van der Waals surface area contributed by atoms with Crippen molar-refractivity contribution in [2.24, 2.45) is 0 Å². The highest BCUT2D eigenvalue weighted by Gasteiger charge is 2.25. The van der Waals surface area contributed by atoms with E-state index in [2.05, 4.69) is 5.32 Å². The Morgan fingerprint density at radius 1 is 1.12 bits per heavy atom. The van der Waals surface area contributed by atoms with Crippen molar-refractivity contribution in [1.82, 2.24) is 4.90 Å². The monoisotopic (exact) mass is 354 g/mol. The van der Waals surface area contributed by atoms with Crippen molar-refractivity contribution in [3.05, 3.63) is 58.4 Å². The van der Waals surface area contributed by atoms with Crippen molar-refractivity contribution in [2.45, 2.75) is 32.2 Å². The summed E-state index contributed by atoms with van der Waals surface area (Å²) < 4.78 is 14.1. The van der Waals surface area contributed by atoms with Crippen LogP contribution in [0.1, 0.15) is 39.9 Å². The number of benzene rings is 2. The molecule has 26 heavy (non-hydrogen) atoms. The van der Waals surface area contributed by atoms with E-state index >= 15 is 0 Å². The quantitative estimate of drug-likeness (QED) is 0.827. The van der Waals surface area contributed by atoms with E-state index in [1.807, 2.05) is 6.07 Å². The largest absolute Gasteiger partial charge is 0.508 e. The first-order valence-corrected chi connectivity index (χ1v) is 8.73. The Balaban J connectivity index is 1.60. The first-order chi connectivity index (χ1) is 12.5. The molecule has 134 valence electrons. The molecule has 2 aliphatic heterocycles. The van der Waals surface area contributed by atoms with Gasteiger partial charge in [0.1, 0.15) is 11.6 Å². The van der Waals surface area contributed by atoms with Crippen molar-refractivity contribution < 1.29 is 19.1 Å². The van der Waals surface area contributed by atoms with Gasteiger partial charge in [0.2, 0.25) is 5.91 Å². The van der Waals surface area contributed by atoms with Crippen molar-refractivity contribution >= 4 is 17.5 Å². The molecule has 0 saturated carbocycles. The Kier molecular flexibility index (Phi) is 4.11. The molecular formula is C20H19FN2O3. The number of hydrogen-bond acceptors (Lipinski definition) is 3. The number of phenols is 1. The standard InChI is InChI=1S/C20H19FN2O3/c21-17-10-15(24)8-13-6-7-23(11-16(13)17)20(26)14-5-4-12-2-1-3-19(25)22-18(12)9-14/h4-5,8-10,24H,1-3,6-7,11H2,(H,22,25). The molecule has 5 nitrogen and oxygen atoms in total. The van der Waals surface area contributed by atoms with Gasteiger partial charge in [0.15, 0.2) is 0 Å². The summed E-state index contributed by atoms with van der Waals surface area (Å²) in [5.41, 5.74) is 3.38. The molecule has 2 aromatic carbocycles. The molecule has 6 heteroatoms. The highest BCUT2D eigenvalue weighted by atomic mass is 19.1. The molecule has 0 aromatic heterocycles. The first-order valence-electron chi connectivity index (χ1n) is 8.73. The third kappa shape index (κ3) is 3.03. The molecule has 0 atom stereocenters. The Morgan fingerprint density at radius 3 is 2.81 bits per heavy atom. The summed E-state index contributed by atoms with van der Waals surface area (Å²) in [4.78, 5) is 26.2. The number of fused-ring (bicyclic) bond motifs is 2. The molecule has 4 rings (SSSR count). The summed E-state index contributed by atoms with van der Waals surface area (Å²) in [5, 5.41) is 12.4. The van der Waals surface area contributed by atoms with Crippen LogP contribution in [0.4, 0.5) is 10.1 Å². The van der Waals surface area contributed by atoms with Gasteiger partial charge >= 0.3 is 0 Å². The van der Waals surface area contributed by atoms with Gasteiger partial charge in [-0.2, -0.15) is 0 Å². The molecule has 0 spiro atoms. The predicted molar refractivity (Wildman–Crippen MR) is 94.5 cm³/mol. The maximum absolute atomic E-state index is 14.1. The molecule has 0 fully saturated rings. The van der Waals surface area contributed by atoms with Gasteiger partial charge in [-0.15, -0.1) is 0 Å². The molecule has 2 heterocycles. The zero-order chi connectivity index (χ0) is 18.3. The van der Waals surface area contributed by atoms with Crippen LogP contribution in [-0.4, -0.2) is 28.4 Å². The van der Waals surface area contributed by atoms with Crippen molar-refractivity contribution in [1.29, 1.82) is 0 Å². The average molecular weight is 354 g/mol. The number of carbonyl (C=O) groups excluding carboxylic acids is 2. The van der Waals surface area contributed by atoms with E-state index in [1.165, 1.54) is 0 Å². The Bertz CT molecular complexity index is 910. The van der Waals surface area contributed by atoms with Gasteiger partial charge in [0.05, 0.1) is 0 Å². The predicted octanol–water partition coefficient (Wildman–Crippen LogP) is 3.00. The summed E-state index contributed by atoms with van der Waals surface area (Å²) in [5.74, 6) is -0.819. The lowest BCUT2D eigenvalue weighted by atomic mass is 9.97. The van der Waals surface area contributed by atoms with Gasteiger partial charge in [-0.1, -0.05) is 6.07 Å². The van der Waals surface area contributed by atoms with E-state index in [0.717, 1.165) is 30.0 Å². The number of hydrogen-bond donors (Lipinski definition) is 2. The Morgan fingerprint density at radius 2 is 1.96 bits per heavy atom. The normalized spacial score (nSPS) is 16.3. The van der Waals surface area contributed by atoms with Crippen LogP contribution >= 0.6 is 0 Å². The summed E-state index contributed by atoms with van der Waals surface area (Å²) in [6.45, 7) is 0.627. The second-order valence-corrected chi connectivity index (χ2v) is 6.82. The third-order valence-electron chi connectivity index (χ3n) is 5.04. The number of nitrogens with zero attached hydrogens (tertiary/aromatic N) is 1. The topological polar surface area (TPSA) is 69.6 Å². The fraction of sp³-hybridized carbons (Fsp3) is 0.300. The van der Waals surface area contributed by atoms with Crippen LogP contribution in [0, 0.1) is 5.82 Å². The smallest absolute Gasteiger partial charge is 0.254 e. The molecule has 0 unspecified atom stereocenters. The maximum Gasteiger partial charge on any atom is 0.254 e. The number of aryl methyl sites for hydroxylation is 1. The number of nitrogens with one attached hydrogen (secondary N) is 1. The van der Waals surface area contributed by atoms with Gasteiger partial charge in [0, 0.05) is 42.4 Å². The van der Waals surface area contributed by atoms with Crippen LogP contribution in [0.5, 0.6) is 5.75 Å². The zero-order valence-corrected chi connectivity index (χ0v) is 14.2. The Labute approximate surface area is 150 Å². The minimum atomic E-state index is -0.494. The van der Waals surface area contributed by atoms with Crippen molar-refractivity contribution in [2.75, 3.05) is 11.9 Å². The molecule has 2 amide bonds. The van der Waals surface area contributed by atoms with E-state index in [9.17, 15) is 19.1 Å². The second kappa shape index (κ2) is 6.44. The lowest BCUT2D eigenvalue weighted by Crippen LogP contribution is -2.36. The first kappa shape index (κ1) is 16.6. The van der Waals surface area contributed by atoms with Crippen LogP contribution in [0.3, 0.4) is 0 Å². The fourth-order valence-electron chi connectivity index (χ4n) is 3.65. The minimum absolute atomic E-state index is 0.0397. The van der Waals surface area contributed by atoms with Crippen molar-refractivity contribution in [3.63, 3.8) is 0 Å². The SMILES string of the molecule is O=C1CCCc2ccc(C(=O)N3CCc4cc(O)cc(F)c4C3)cc2N1. The van der Waals surface area contributed by atoms with Gasteiger partial charge in [-0.05, 0) is 48.6 Å². The van der Waals surface area contributed by atoms with Gasteiger partial charge < -0.3 is 15.3 Å². The lowest BCUT2D eigenvalue weighted by molar-refractivity contribution is -0.116. The zero-order valence-electron chi connectivity index (χ0n) is 14.2. The molecule has 0 radical (unpaired) electrons. The van der Waals surface area contributed by atoms with E-state index in [1.54, 1.807) is 23.1 Å². The van der Waals surface area contributed by atoms with Crippen LogP contribution < -0.4 is 5.32 Å². The Hall–Kier alpha value is -2.89. The maximum atomic E-state index is 14.1. The van der Waals surface area contributed by atoms with E-state index in [4.69, 9.17) is 0 Å². The summed E-state index contributed by atoms with van der Waals surface area (Å²) in [7, 11) is 0. The minimum Gasteiger partial charge on any atom is -0.508 e. The summed E-state index contributed by atoms with van der Waals surface area (Å²) in [6.07, 6.45) is 2.57. The third-order valence-corrected chi connectivity index (χ3v) is 5.04. The van der Waals surface area contributed by atoms with Crippen LogP contribution in [0.15, 0.2) is 30.3 Å². The number of rotatable bonds is 1. The van der Waals surface area contributed by atoms with E-state index < -0.39 is 5.82 Å². The summed E-state index contributed by atoms with van der Waals surface area (Å²) in [6, 6.07) is 7.98. The highest BCUT2D eigenvalue weighted by molar-refractivity contribution is 5.98. The number of halogens is 1. The van der Waals surface area contributed by atoms with Crippen LogP contribution in [-0.2, 0) is 24.2 Å². The molecule has 0 bridgehead atoms. The number of carbonyl (C=O) groups is 2. The van der Waals surface area contributed by atoms with Crippen LogP contribution in [0.2, 0.25) is 0 Å². The van der Waals surface area contributed by atoms with E-state index in [-0.39, 0.29) is 24.1 Å². The number of aromatic hydroxyl groups is 1. The van der Waals surface area contributed by atoms with Crippen molar-refractivity contribution in [3.8, 4) is 5.75 Å². The molecule has 0 aliphatic carbocycles. The van der Waals surface area contributed by atoms with Gasteiger partial charge in [-0.3, -0.25) is 9.59 Å². The van der Waals surface area contributed by atoms with Gasteiger partial charge in [0.25, 0.3) is 5.91 Å².